The Balaban J connectivity index is 1.86. The summed E-state index contributed by atoms with van der Waals surface area (Å²) < 4.78 is 15.9. The normalized spacial score (nSPS) is 24.2. The maximum atomic E-state index is 10.3. The fourth-order valence-electron chi connectivity index (χ4n) is 1.85. The smallest absolute Gasteiger partial charge is 0.295 e. The molecule has 0 amide bonds. The van der Waals surface area contributed by atoms with E-state index in [1.807, 2.05) is 30.3 Å². The number of ether oxygens (including phenoxy) is 3. The van der Waals surface area contributed by atoms with Crippen molar-refractivity contribution in [2.24, 2.45) is 0 Å². The van der Waals surface area contributed by atoms with Gasteiger partial charge in [-0.15, -0.1) is 0 Å². The summed E-state index contributed by atoms with van der Waals surface area (Å²) in [4.78, 5) is 10.3. The highest BCUT2D eigenvalue weighted by Crippen LogP contribution is 2.19. The number of carbonyl (C=O) groups is 1. The molecule has 0 N–H and O–H groups in total. The van der Waals surface area contributed by atoms with E-state index in [1.54, 1.807) is 0 Å². The zero-order valence-electron chi connectivity index (χ0n) is 9.58. The second-order valence-corrected chi connectivity index (χ2v) is 3.95. The summed E-state index contributed by atoms with van der Waals surface area (Å²) >= 11 is 0. The number of carbonyl (C=O) groups excluding carboxylic acids is 1. The molecule has 0 saturated carbocycles. The molecule has 0 aromatic heterocycles. The van der Waals surface area contributed by atoms with E-state index in [1.165, 1.54) is 0 Å². The molecule has 1 heterocycles. The van der Waals surface area contributed by atoms with E-state index in [0.29, 0.717) is 19.7 Å². The molecule has 0 bridgehead atoms. The molecule has 2 atom stereocenters. The highest BCUT2D eigenvalue weighted by atomic mass is 16.7. The zero-order chi connectivity index (χ0) is 11.9. The Bertz CT molecular complexity index is 339. The average Bonchev–Trinajstić information content (AvgIpc) is 2.39. The van der Waals surface area contributed by atoms with Crippen LogP contribution in [0.15, 0.2) is 30.3 Å². The van der Waals surface area contributed by atoms with E-state index < -0.39 is 6.29 Å². The van der Waals surface area contributed by atoms with Gasteiger partial charge in [-0.25, -0.2) is 0 Å². The number of hydrogen-bond acceptors (Lipinski definition) is 4. The fourth-order valence-corrected chi connectivity index (χ4v) is 1.85. The van der Waals surface area contributed by atoms with Gasteiger partial charge in [-0.05, 0) is 18.4 Å². The molecule has 1 aromatic rings. The van der Waals surface area contributed by atoms with Gasteiger partial charge in [-0.3, -0.25) is 4.79 Å². The minimum atomic E-state index is -0.565. The van der Waals surface area contributed by atoms with E-state index in [9.17, 15) is 4.79 Å². The van der Waals surface area contributed by atoms with E-state index in [2.05, 4.69) is 0 Å². The Morgan fingerprint density at radius 1 is 1.35 bits per heavy atom. The van der Waals surface area contributed by atoms with Crippen LogP contribution in [0.1, 0.15) is 18.4 Å². The molecule has 0 unspecified atom stereocenters. The van der Waals surface area contributed by atoms with Gasteiger partial charge in [0.2, 0.25) is 6.29 Å². The number of hydrogen-bond donors (Lipinski definition) is 0. The van der Waals surface area contributed by atoms with E-state index in [4.69, 9.17) is 14.2 Å². The SMILES string of the molecule is O=CO[C@@H]1OCCC[C@@H]1OCc1ccccc1. The maximum Gasteiger partial charge on any atom is 0.295 e. The molecule has 0 radical (unpaired) electrons. The number of rotatable bonds is 5. The van der Waals surface area contributed by atoms with Crippen LogP contribution < -0.4 is 0 Å². The maximum absolute atomic E-state index is 10.3. The molecule has 1 aromatic carbocycles. The molecule has 4 nitrogen and oxygen atoms in total. The Morgan fingerprint density at radius 3 is 2.94 bits per heavy atom. The molecule has 17 heavy (non-hydrogen) atoms. The van der Waals surface area contributed by atoms with Crippen molar-refractivity contribution < 1.29 is 19.0 Å². The molecular weight excluding hydrogens is 220 g/mol. The largest absolute Gasteiger partial charge is 0.435 e. The van der Waals surface area contributed by atoms with Gasteiger partial charge in [0, 0.05) is 0 Å². The van der Waals surface area contributed by atoms with Gasteiger partial charge >= 0.3 is 0 Å². The highest BCUT2D eigenvalue weighted by molar-refractivity contribution is 5.37. The van der Waals surface area contributed by atoms with Gasteiger partial charge in [0.1, 0.15) is 6.10 Å². The minimum absolute atomic E-state index is 0.172. The van der Waals surface area contributed by atoms with Crippen LogP contribution in [-0.2, 0) is 25.6 Å². The Labute approximate surface area is 100 Å². The lowest BCUT2D eigenvalue weighted by molar-refractivity contribution is -0.219. The van der Waals surface area contributed by atoms with Crippen LogP contribution in [0.2, 0.25) is 0 Å². The fraction of sp³-hybridized carbons (Fsp3) is 0.462. The average molecular weight is 236 g/mol. The lowest BCUT2D eigenvalue weighted by Gasteiger charge is -2.29. The summed E-state index contributed by atoms with van der Waals surface area (Å²) in [7, 11) is 0. The van der Waals surface area contributed by atoms with Crippen molar-refractivity contribution >= 4 is 6.47 Å². The van der Waals surface area contributed by atoms with Gasteiger partial charge in [0.05, 0.1) is 13.2 Å². The topological polar surface area (TPSA) is 44.8 Å². The van der Waals surface area contributed by atoms with Crippen molar-refractivity contribution in [1.82, 2.24) is 0 Å². The van der Waals surface area contributed by atoms with E-state index >= 15 is 0 Å². The van der Waals surface area contributed by atoms with Crippen molar-refractivity contribution in [3.63, 3.8) is 0 Å². The van der Waals surface area contributed by atoms with Crippen molar-refractivity contribution in [2.75, 3.05) is 6.61 Å². The Hall–Kier alpha value is -1.39. The van der Waals surface area contributed by atoms with Gasteiger partial charge in [-0.1, -0.05) is 30.3 Å². The molecule has 1 aliphatic rings. The molecule has 0 aliphatic carbocycles. The molecule has 1 saturated heterocycles. The van der Waals surface area contributed by atoms with Crippen LogP contribution in [0, 0.1) is 0 Å². The molecule has 4 heteroatoms. The quantitative estimate of drug-likeness (QED) is 0.732. The highest BCUT2D eigenvalue weighted by Gasteiger charge is 2.27. The number of benzene rings is 1. The van der Waals surface area contributed by atoms with E-state index in [0.717, 1.165) is 18.4 Å². The Kier molecular flexibility index (Phi) is 4.53. The third-order valence-corrected chi connectivity index (χ3v) is 2.72. The van der Waals surface area contributed by atoms with Crippen molar-refractivity contribution in [3.8, 4) is 0 Å². The summed E-state index contributed by atoms with van der Waals surface area (Å²) in [5, 5.41) is 0. The van der Waals surface area contributed by atoms with E-state index in [-0.39, 0.29) is 6.10 Å². The van der Waals surface area contributed by atoms with Crippen LogP contribution in [-0.4, -0.2) is 25.5 Å². The van der Waals surface area contributed by atoms with Crippen LogP contribution in [0.25, 0.3) is 0 Å². The van der Waals surface area contributed by atoms with Crippen LogP contribution >= 0.6 is 0 Å². The standard InChI is InChI=1S/C13H16O4/c14-10-17-13-12(7-4-8-15-13)16-9-11-5-2-1-3-6-11/h1-3,5-6,10,12-13H,4,7-9H2/t12-,13-/m0/s1. The molecule has 0 spiro atoms. The second-order valence-electron chi connectivity index (χ2n) is 3.95. The molecule has 92 valence electrons. The van der Waals surface area contributed by atoms with Gasteiger partial charge in [0.25, 0.3) is 6.47 Å². The monoisotopic (exact) mass is 236 g/mol. The van der Waals surface area contributed by atoms with Gasteiger partial charge in [-0.2, -0.15) is 0 Å². The summed E-state index contributed by atoms with van der Waals surface area (Å²) in [6.07, 6.45) is 1.04. The third kappa shape index (κ3) is 3.54. The van der Waals surface area contributed by atoms with Gasteiger partial charge < -0.3 is 14.2 Å². The molecular formula is C13H16O4. The first-order valence-electron chi connectivity index (χ1n) is 5.76. The molecule has 2 rings (SSSR count). The molecule has 1 fully saturated rings. The van der Waals surface area contributed by atoms with Crippen molar-refractivity contribution in [2.45, 2.75) is 31.8 Å². The summed E-state index contributed by atoms with van der Waals surface area (Å²) in [6.45, 7) is 1.53. The summed E-state index contributed by atoms with van der Waals surface area (Å²) in [5.41, 5.74) is 1.10. The predicted octanol–water partition coefficient (Wildman–Crippen LogP) is 1.88. The first-order chi connectivity index (χ1) is 8.40. The van der Waals surface area contributed by atoms with Crippen molar-refractivity contribution in [3.05, 3.63) is 35.9 Å². The lowest BCUT2D eigenvalue weighted by atomic mass is 10.1. The third-order valence-electron chi connectivity index (χ3n) is 2.72. The van der Waals surface area contributed by atoms with Crippen molar-refractivity contribution in [1.29, 1.82) is 0 Å². The Morgan fingerprint density at radius 2 is 2.18 bits per heavy atom. The first kappa shape index (κ1) is 12.1. The van der Waals surface area contributed by atoms with Crippen LogP contribution in [0.4, 0.5) is 0 Å². The molecule has 1 aliphatic heterocycles. The predicted molar refractivity (Wildman–Crippen MR) is 61.1 cm³/mol. The van der Waals surface area contributed by atoms with Crippen LogP contribution in [0.5, 0.6) is 0 Å². The summed E-state index contributed by atoms with van der Waals surface area (Å²) in [5.74, 6) is 0. The summed E-state index contributed by atoms with van der Waals surface area (Å²) in [6, 6.07) is 9.90. The van der Waals surface area contributed by atoms with Crippen LogP contribution in [0.3, 0.4) is 0 Å². The zero-order valence-corrected chi connectivity index (χ0v) is 9.58. The van der Waals surface area contributed by atoms with Gasteiger partial charge in [0.15, 0.2) is 0 Å². The second kappa shape index (κ2) is 6.37. The first-order valence-corrected chi connectivity index (χ1v) is 5.76. The lowest BCUT2D eigenvalue weighted by Crippen LogP contribution is -2.38. The minimum Gasteiger partial charge on any atom is -0.435 e.